The average Bonchev–Trinajstić information content (AvgIpc) is 2.37. The molecule has 1 saturated heterocycles. The standard InChI is InChI=1S/C12H17ClO2S/c1-12(2)11(6-7-16(12,14)15)9-4-3-5-10(13)8-9/h3,5,8-9,11H,4,6-7H2,1-2H3. The van der Waals surface area contributed by atoms with Gasteiger partial charge in [-0.1, -0.05) is 23.8 Å². The van der Waals surface area contributed by atoms with E-state index in [0.717, 1.165) is 17.9 Å². The van der Waals surface area contributed by atoms with Gasteiger partial charge in [0.2, 0.25) is 0 Å². The molecule has 0 radical (unpaired) electrons. The fraction of sp³-hybridized carbons (Fsp3) is 0.667. The van der Waals surface area contributed by atoms with Crippen LogP contribution in [0.15, 0.2) is 23.3 Å². The zero-order valence-corrected chi connectivity index (χ0v) is 11.2. The van der Waals surface area contributed by atoms with Crippen molar-refractivity contribution < 1.29 is 8.42 Å². The third-order valence-corrected chi connectivity index (χ3v) is 6.90. The monoisotopic (exact) mass is 260 g/mol. The van der Waals surface area contributed by atoms with Crippen LogP contribution in [-0.2, 0) is 9.84 Å². The molecule has 0 aromatic rings. The van der Waals surface area contributed by atoms with Crippen LogP contribution in [-0.4, -0.2) is 18.9 Å². The zero-order chi connectivity index (χ0) is 12.0. The molecule has 2 aliphatic rings. The van der Waals surface area contributed by atoms with Crippen LogP contribution in [0.1, 0.15) is 26.7 Å². The number of allylic oxidation sites excluding steroid dienone is 4. The van der Waals surface area contributed by atoms with Gasteiger partial charge < -0.3 is 0 Å². The summed E-state index contributed by atoms with van der Waals surface area (Å²) < 4.78 is 23.3. The Morgan fingerprint density at radius 3 is 2.62 bits per heavy atom. The number of rotatable bonds is 1. The second kappa shape index (κ2) is 3.88. The maximum absolute atomic E-state index is 11.9. The largest absolute Gasteiger partial charge is 0.228 e. The topological polar surface area (TPSA) is 34.1 Å². The van der Waals surface area contributed by atoms with Gasteiger partial charge in [-0.2, -0.15) is 0 Å². The summed E-state index contributed by atoms with van der Waals surface area (Å²) in [6.45, 7) is 3.69. The van der Waals surface area contributed by atoms with E-state index >= 15 is 0 Å². The Labute approximate surface area is 102 Å². The Hall–Kier alpha value is -0.280. The minimum Gasteiger partial charge on any atom is -0.228 e. The summed E-state index contributed by atoms with van der Waals surface area (Å²) in [4.78, 5) is 0. The van der Waals surface area contributed by atoms with E-state index in [1.165, 1.54) is 0 Å². The maximum Gasteiger partial charge on any atom is 0.155 e. The van der Waals surface area contributed by atoms with Crippen molar-refractivity contribution in [2.75, 3.05) is 5.75 Å². The van der Waals surface area contributed by atoms with Gasteiger partial charge >= 0.3 is 0 Å². The first kappa shape index (κ1) is 12.2. The van der Waals surface area contributed by atoms with Gasteiger partial charge in [-0.3, -0.25) is 0 Å². The second-order valence-electron chi connectivity index (χ2n) is 5.17. The van der Waals surface area contributed by atoms with Gasteiger partial charge in [0.25, 0.3) is 0 Å². The van der Waals surface area contributed by atoms with E-state index in [4.69, 9.17) is 11.6 Å². The first-order chi connectivity index (χ1) is 7.34. The van der Waals surface area contributed by atoms with Crippen LogP contribution in [0.5, 0.6) is 0 Å². The lowest BCUT2D eigenvalue weighted by Crippen LogP contribution is -2.37. The lowest BCUT2D eigenvalue weighted by atomic mass is 9.78. The lowest BCUT2D eigenvalue weighted by molar-refractivity contribution is 0.327. The third kappa shape index (κ3) is 1.84. The van der Waals surface area contributed by atoms with Crippen LogP contribution < -0.4 is 0 Å². The molecule has 0 aromatic heterocycles. The molecule has 0 bridgehead atoms. The van der Waals surface area contributed by atoms with Crippen LogP contribution in [0.2, 0.25) is 0 Å². The van der Waals surface area contributed by atoms with Gasteiger partial charge in [0.1, 0.15) is 0 Å². The van der Waals surface area contributed by atoms with Gasteiger partial charge in [-0.25, -0.2) is 8.42 Å². The van der Waals surface area contributed by atoms with Gasteiger partial charge in [-0.15, -0.1) is 0 Å². The van der Waals surface area contributed by atoms with Gasteiger partial charge in [0.05, 0.1) is 10.5 Å². The van der Waals surface area contributed by atoms with Crippen molar-refractivity contribution in [3.8, 4) is 0 Å². The van der Waals surface area contributed by atoms with E-state index < -0.39 is 14.6 Å². The number of halogens is 1. The molecule has 0 spiro atoms. The molecule has 1 heterocycles. The second-order valence-corrected chi connectivity index (χ2v) is 8.30. The lowest BCUT2D eigenvalue weighted by Gasteiger charge is -2.31. The quantitative estimate of drug-likeness (QED) is 0.727. The summed E-state index contributed by atoms with van der Waals surface area (Å²) in [6.07, 6.45) is 7.59. The predicted molar refractivity (Wildman–Crippen MR) is 67.2 cm³/mol. The molecular formula is C12H17ClO2S. The number of sulfone groups is 1. The van der Waals surface area contributed by atoms with E-state index in [2.05, 4.69) is 0 Å². The highest BCUT2D eigenvalue weighted by Gasteiger charge is 2.49. The highest BCUT2D eigenvalue weighted by molar-refractivity contribution is 7.93. The number of hydrogen-bond donors (Lipinski definition) is 0. The third-order valence-electron chi connectivity index (χ3n) is 3.97. The Morgan fingerprint density at radius 1 is 1.44 bits per heavy atom. The van der Waals surface area contributed by atoms with Crippen molar-refractivity contribution in [1.29, 1.82) is 0 Å². The fourth-order valence-corrected chi connectivity index (χ4v) is 4.89. The van der Waals surface area contributed by atoms with E-state index in [1.54, 1.807) is 0 Å². The number of hydrogen-bond acceptors (Lipinski definition) is 2. The average molecular weight is 261 g/mol. The molecule has 0 saturated carbocycles. The van der Waals surface area contributed by atoms with E-state index in [9.17, 15) is 8.42 Å². The van der Waals surface area contributed by atoms with Crippen molar-refractivity contribution in [3.05, 3.63) is 23.3 Å². The zero-order valence-electron chi connectivity index (χ0n) is 9.61. The van der Waals surface area contributed by atoms with Crippen molar-refractivity contribution in [1.82, 2.24) is 0 Å². The van der Waals surface area contributed by atoms with Gasteiger partial charge in [-0.05, 0) is 44.6 Å². The molecule has 1 fully saturated rings. The Morgan fingerprint density at radius 2 is 2.12 bits per heavy atom. The van der Waals surface area contributed by atoms with E-state index in [0.29, 0.717) is 5.75 Å². The van der Waals surface area contributed by atoms with Crippen molar-refractivity contribution in [3.63, 3.8) is 0 Å². The van der Waals surface area contributed by atoms with Crippen LogP contribution in [0.3, 0.4) is 0 Å². The predicted octanol–water partition coefficient (Wildman–Crippen LogP) is 2.90. The summed E-state index contributed by atoms with van der Waals surface area (Å²) >= 11 is 5.98. The Kier molecular flexibility index (Phi) is 2.96. The smallest absolute Gasteiger partial charge is 0.155 e. The summed E-state index contributed by atoms with van der Waals surface area (Å²) in [5.74, 6) is 0.775. The first-order valence-corrected chi connectivity index (χ1v) is 7.64. The summed E-state index contributed by atoms with van der Waals surface area (Å²) in [7, 11) is -2.94. The minimum absolute atomic E-state index is 0.191. The summed E-state index contributed by atoms with van der Waals surface area (Å²) in [5.41, 5.74) is 0. The van der Waals surface area contributed by atoms with Gasteiger partial charge in [0, 0.05) is 5.03 Å². The molecule has 0 amide bonds. The molecular weight excluding hydrogens is 244 g/mol. The summed E-state index contributed by atoms with van der Waals surface area (Å²) in [6, 6.07) is 0. The van der Waals surface area contributed by atoms with Crippen LogP contribution in [0, 0.1) is 11.8 Å². The molecule has 2 nitrogen and oxygen atoms in total. The van der Waals surface area contributed by atoms with Crippen molar-refractivity contribution in [2.24, 2.45) is 11.8 Å². The molecule has 0 N–H and O–H groups in total. The Bertz CT molecular complexity index is 446. The molecule has 2 unspecified atom stereocenters. The van der Waals surface area contributed by atoms with Crippen LogP contribution in [0.4, 0.5) is 0 Å². The minimum atomic E-state index is -2.94. The van der Waals surface area contributed by atoms with Crippen LogP contribution >= 0.6 is 11.6 Å². The Balaban J connectivity index is 2.28. The van der Waals surface area contributed by atoms with E-state index in [1.807, 2.05) is 32.1 Å². The molecule has 1 aliphatic carbocycles. The molecule has 2 rings (SSSR count). The summed E-state index contributed by atoms with van der Waals surface area (Å²) in [5, 5.41) is 0.733. The molecule has 90 valence electrons. The fourth-order valence-electron chi connectivity index (χ4n) is 2.80. The van der Waals surface area contributed by atoms with Gasteiger partial charge in [0.15, 0.2) is 9.84 Å². The SMILES string of the molecule is CC1(C)C(C2C=C(Cl)C=CC2)CCS1(=O)=O. The first-order valence-electron chi connectivity index (χ1n) is 5.61. The molecule has 4 heteroatoms. The van der Waals surface area contributed by atoms with Crippen molar-refractivity contribution >= 4 is 21.4 Å². The maximum atomic E-state index is 11.9. The molecule has 1 aliphatic heterocycles. The van der Waals surface area contributed by atoms with Crippen molar-refractivity contribution in [2.45, 2.75) is 31.4 Å². The highest BCUT2D eigenvalue weighted by atomic mass is 35.5. The van der Waals surface area contributed by atoms with Crippen LogP contribution in [0.25, 0.3) is 0 Å². The van der Waals surface area contributed by atoms with E-state index in [-0.39, 0.29) is 11.8 Å². The molecule has 16 heavy (non-hydrogen) atoms. The normalized spacial score (nSPS) is 36.1. The molecule has 0 aromatic carbocycles. The highest BCUT2D eigenvalue weighted by Crippen LogP contribution is 2.44. The molecule has 2 atom stereocenters.